The standard InChI is InChI=1S/C15H16N2OS/c1-2-17-13(7-8-16-17)14(18)9-11-10-19-15-6-4-3-5-12(11)15/h3-8,10,14,18H,2,9H2,1H3. The smallest absolute Gasteiger partial charge is 0.0997 e. The summed E-state index contributed by atoms with van der Waals surface area (Å²) in [6.45, 7) is 2.81. The van der Waals surface area contributed by atoms with Crippen LogP contribution in [0.4, 0.5) is 0 Å². The van der Waals surface area contributed by atoms with Crippen LogP contribution in [-0.4, -0.2) is 14.9 Å². The highest BCUT2D eigenvalue weighted by molar-refractivity contribution is 7.17. The van der Waals surface area contributed by atoms with E-state index in [1.54, 1.807) is 17.5 Å². The van der Waals surface area contributed by atoms with Crippen LogP contribution < -0.4 is 0 Å². The fraction of sp³-hybridized carbons (Fsp3) is 0.267. The van der Waals surface area contributed by atoms with Crippen molar-refractivity contribution in [1.29, 1.82) is 0 Å². The molecule has 0 aliphatic carbocycles. The van der Waals surface area contributed by atoms with Gasteiger partial charge in [0, 0.05) is 23.9 Å². The van der Waals surface area contributed by atoms with Crippen LogP contribution in [0.2, 0.25) is 0 Å². The molecule has 0 saturated heterocycles. The molecular formula is C15H16N2OS. The number of nitrogens with zero attached hydrogens (tertiary/aromatic N) is 2. The molecule has 3 aromatic rings. The molecule has 0 amide bonds. The second-order valence-corrected chi connectivity index (χ2v) is 5.46. The van der Waals surface area contributed by atoms with Crippen molar-refractivity contribution < 1.29 is 5.11 Å². The van der Waals surface area contributed by atoms with E-state index in [0.717, 1.165) is 12.2 Å². The average Bonchev–Trinajstić information content (AvgIpc) is 3.05. The summed E-state index contributed by atoms with van der Waals surface area (Å²) < 4.78 is 3.12. The van der Waals surface area contributed by atoms with Gasteiger partial charge in [0.25, 0.3) is 0 Å². The molecule has 0 bridgehead atoms. The van der Waals surface area contributed by atoms with Crippen molar-refractivity contribution in [2.45, 2.75) is 26.0 Å². The minimum absolute atomic E-state index is 0.500. The average molecular weight is 272 g/mol. The largest absolute Gasteiger partial charge is 0.386 e. The van der Waals surface area contributed by atoms with Gasteiger partial charge >= 0.3 is 0 Å². The fourth-order valence-corrected chi connectivity index (χ4v) is 3.37. The Balaban J connectivity index is 1.89. The molecule has 1 aromatic carbocycles. The molecule has 0 radical (unpaired) electrons. The summed E-state index contributed by atoms with van der Waals surface area (Å²) in [5.74, 6) is 0. The molecule has 1 unspecified atom stereocenters. The zero-order valence-electron chi connectivity index (χ0n) is 10.8. The third-order valence-electron chi connectivity index (χ3n) is 3.36. The summed E-state index contributed by atoms with van der Waals surface area (Å²) >= 11 is 1.73. The highest BCUT2D eigenvalue weighted by Crippen LogP contribution is 2.29. The Morgan fingerprint density at radius 1 is 1.32 bits per heavy atom. The SMILES string of the molecule is CCn1nccc1C(O)Cc1csc2ccccc12. The van der Waals surface area contributed by atoms with Crippen molar-refractivity contribution >= 4 is 21.4 Å². The Morgan fingerprint density at radius 3 is 3.00 bits per heavy atom. The Labute approximate surface area is 116 Å². The van der Waals surface area contributed by atoms with Crippen LogP contribution in [0.3, 0.4) is 0 Å². The van der Waals surface area contributed by atoms with E-state index in [0.29, 0.717) is 6.42 Å². The molecule has 2 heterocycles. The van der Waals surface area contributed by atoms with Crippen LogP contribution in [0.25, 0.3) is 10.1 Å². The van der Waals surface area contributed by atoms with E-state index < -0.39 is 6.10 Å². The van der Waals surface area contributed by atoms with Crippen molar-refractivity contribution in [2.75, 3.05) is 0 Å². The zero-order valence-corrected chi connectivity index (χ0v) is 11.6. The predicted octanol–water partition coefficient (Wildman–Crippen LogP) is 3.39. The molecule has 0 aliphatic heterocycles. The van der Waals surface area contributed by atoms with Gasteiger partial charge in [0.1, 0.15) is 0 Å². The van der Waals surface area contributed by atoms with E-state index in [-0.39, 0.29) is 0 Å². The number of aliphatic hydroxyl groups excluding tert-OH is 1. The molecule has 19 heavy (non-hydrogen) atoms. The lowest BCUT2D eigenvalue weighted by Crippen LogP contribution is -2.09. The van der Waals surface area contributed by atoms with Gasteiger partial charge in [-0.05, 0) is 35.4 Å². The molecule has 1 atom stereocenters. The molecule has 0 aliphatic rings. The van der Waals surface area contributed by atoms with Crippen LogP contribution >= 0.6 is 11.3 Å². The Kier molecular flexibility index (Phi) is 3.36. The van der Waals surface area contributed by atoms with Gasteiger partial charge in [-0.2, -0.15) is 5.10 Å². The van der Waals surface area contributed by atoms with Crippen molar-refractivity contribution in [3.8, 4) is 0 Å². The summed E-state index contributed by atoms with van der Waals surface area (Å²) in [6, 6.07) is 10.2. The van der Waals surface area contributed by atoms with Gasteiger partial charge in [-0.25, -0.2) is 0 Å². The minimum atomic E-state index is -0.500. The Morgan fingerprint density at radius 2 is 2.16 bits per heavy atom. The predicted molar refractivity (Wildman–Crippen MR) is 78.4 cm³/mol. The number of thiophene rings is 1. The molecule has 1 N–H and O–H groups in total. The monoisotopic (exact) mass is 272 g/mol. The van der Waals surface area contributed by atoms with Crippen LogP contribution in [0.15, 0.2) is 41.9 Å². The van der Waals surface area contributed by atoms with Gasteiger partial charge in [-0.1, -0.05) is 18.2 Å². The van der Waals surface area contributed by atoms with Crippen molar-refractivity contribution in [1.82, 2.24) is 9.78 Å². The van der Waals surface area contributed by atoms with E-state index in [1.165, 1.54) is 15.6 Å². The lowest BCUT2D eigenvalue weighted by atomic mass is 10.0. The van der Waals surface area contributed by atoms with Gasteiger partial charge in [0.05, 0.1) is 11.8 Å². The number of rotatable bonds is 4. The van der Waals surface area contributed by atoms with Crippen LogP contribution in [-0.2, 0) is 13.0 Å². The first kappa shape index (κ1) is 12.4. The van der Waals surface area contributed by atoms with E-state index in [4.69, 9.17) is 0 Å². The van der Waals surface area contributed by atoms with Crippen LogP contribution in [0.1, 0.15) is 24.3 Å². The topological polar surface area (TPSA) is 38.0 Å². The molecule has 2 aromatic heterocycles. The molecule has 0 saturated carbocycles. The van der Waals surface area contributed by atoms with Crippen LogP contribution in [0, 0.1) is 0 Å². The summed E-state index contributed by atoms with van der Waals surface area (Å²) in [6.07, 6.45) is 1.88. The number of aryl methyl sites for hydroxylation is 1. The summed E-state index contributed by atoms with van der Waals surface area (Å²) in [5, 5.41) is 18.0. The number of fused-ring (bicyclic) bond motifs is 1. The Hall–Kier alpha value is -1.65. The van der Waals surface area contributed by atoms with Crippen molar-refractivity contribution in [3.05, 3.63) is 53.2 Å². The molecule has 4 heteroatoms. The number of aliphatic hydroxyl groups is 1. The second kappa shape index (κ2) is 5.15. The lowest BCUT2D eigenvalue weighted by molar-refractivity contribution is 0.167. The van der Waals surface area contributed by atoms with Crippen LogP contribution in [0.5, 0.6) is 0 Å². The van der Waals surface area contributed by atoms with Gasteiger partial charge in [0.15, 0.2) is 0 Å². The second-order valence-electron chi connectivity index (χ2n) is 4.55. The highest BCUT2D eigenvalue weighted by atomic mass is 32.1. The van der Waals surface area contributed by atoms with Gasteiger partial charge in [-0.15, -0.1) is 11.3 Å². The first-order valence-electron chi connectivity index (χ1n) is 6.44. The van der Waals surface area contributed by atoms with E-state index in [1.807, 2.05) is 29.8 Å². The molecule has 0 fully saturated rings. The fourth-order valence-electron chi connectivity index (χ4n) is 2.39. The quantitative estimate of drug-likeness (QED) is 0.790. The van der Waals surface area contributed by atoms with Gasteiger partial charge in [-0.3, -0.25) is 4.68 Å². The van der Waals surface area contributed by atoms with Gasteiger partial charge in [0.2, 0.25) is 0 Å². The maximum atomic E-state index is 10.4. The third kappa shape index (κ3) is 2.29. The summed E-state index contributed by atoms with van der Waals surface area (Å²) in [5.41, 5.74) is 2.09. The summed E-state index contributed by atoms with van der Waals surface area (Å²) in [7, 11) is 0. The molecule has 3 nitrogen and oxygen atoms in total. The van der Waals surface area contributed by atoms with E-state index in [9.17, 15) is 5.11 Å². The third-order valence-corrected chi connectivity index (χ3v) is 4.38. The molecule has 98 valence electrons. The number of aromatic nitrogens is 2. The van der Waals surface area contributed by atoms with Gasteiger partial charge < -0.3 is 5.11 Å². The minimum Gasteiger partial charge on any atom is -0.386 e. The van der Waals surface area contributed by atoms with E-state index >= 15 is 0 Å². The summed E-state index contributed by atoms with van der Waals surface area (Å²) in [4.78, 5) is 0. The Bertz CT molecular complexity index is 686. The van der Waals surface area contributed by atoms with Crippen molar-refractivity contribution in [2.24, 2.45) is 0 Å². The highest BCUT2D eigenvalue weighted by Gasteiger charge is 2.15. The number of hydrogen-bond acceptors (Lipinski definition) is 3. The van der Waals surface area contributed by atoms with Crippen molar-refractivity contribution in [3.63, 3.8) is 0 Å². The zero-order chi connectivity index (χ0) is 13.2. The first-order chi connectivity index (χ1) is 9.29. The molecule has 0 spiro atoms. The number of benzene rings is 1. The number of hydrogen-bond donors (Lipinski definition) is 1. The van der Waals surface area contributed by atoms with E-state index in [2.05, 4.69) is 22.6 Å². The maximum absolute atomic E-state index is 10.4. The molecular weight excluding hydrogens is 256 g/mol. The maximum Gasteiger partial charge on any atom is 0.0997 e. The first-order valence-corrected chi connectivity index (χ1v) is 7.32. The molecule has 3 rings (SSSR count). The normalized spacial score (nSPS) is 12.9. The lowest BCUT2D eigenvalue weighted by Gasteiger charge is -2.12.